The average Bonchev–Trinajstić information content (AvgIpc) is 2.86. The molecular formula is C12H20N4O2. The Balaban J connectivity index is 2.36. The van der Waals surface area contributed by atoms with E-state index in [4.69, 9.17) is 0 Å². The molecule has 0 aliphatic heterocycles. The summed E-state index contributed by atoms with van der Waals surface area (Å²) in [5.41, 5.74) is 0.602. The third-order valence-corrected chi connectivity index (χ3v) is 3.42. The molecule has 100 valence electrons. The fraction of sp³-hybridized carbons (Fsp3) is 0.750. The van der Waals surface area contributed by atoms with Crippen molar-refractivity contribution >= 4 is 11.5 Å². The molecule has 1 heterocycles. The van der Waals surface area contributed by atoms with Crippen LogP contribution in [0.15, 0.2) is 0 Å². The topological polar surface area (TPSA) is 73.0 Å². The number of aryl methyl sites for hydroxylation is 1. The molecule has 1 aliphatic carbocycles. The molecule has 6 nitrogen and oxygen atoms in total. The van der Waals surface area contributed by atoms with Gasteiger partial charge in [0.2, 0.25) is 5.82 Å². The van der Waals surface area contributed by atoms with Crippen molar-refractivity contribution in [1.82, 2.24) is 9.78 Å². The van der Waals surface area contributed by atoms with Crippen molar-refractivity contribution in [1.29, 1.82) is 0 Å². The molecule has 1 aliphatic rings. The molecule has 1 N–H and O–H groups in total. The van der Waals surface area contributed by atoms with Crippen molar-refractivity contribution in [3.05, 3.63) is 15.8 Å². The van der Waals surface area contributed by atoms with Crippen LogP contribution in [-0.4, -0.2) is 20.7 Å². The maximum absolute atomic E-state index is 11.2. The average molecular weight is 252 g/mol. The Morgan fingerprint density at radius 2 is 2.06 bits per heavy atom. The molecular weight excluding hydrogens is 232 g/mol. The van der Waals surface area contributed by atoms with E-state index in [2.05, 4.69) is 10.4 Å². The Morgan fingerprint density at radius 3 is 2.56 bits per heavy atom. The van der Waals surface area contributed by atoms with Crippen LogP contribution >= 0.6 is 0 Å². The predicted octanol–water partition coefficient (Wildman–Crippen LogP) is 3.04. The van der Waals surface area contributed by atoms with Crippen molar-refractivity contribution in [3.63, 3.8) is 0 Å². The van der Waals surface area contributed by atoms with E-state index in [9.17, 15) is 10.1 Å². The van der Waals surface area contributed by atoms with Crippen LogP contribution in [0.3, 0.4) is 0 Å². The molecule has 0 saturated heterocycles. The summed E-state index contributed by atoms with van der Waals surface area (Å²) in [7, 11) is 0. The normalized spacial score (nSPS) is 16.4. The highest BCUT2D eigenvalue weighted by molar-refractivity contribution is 5.60. The number of aromatic nitrogens is 2. The van der Waals surface area contributed by atoms with Gasteiger partial charge in [-0.05, 0) is 33.6 Å². The molecule has 2 rings (SSSR count). The monoisotopic (exact) mass is 252 g/mol. The lowest BCUT2D eigenvalue weighted by Crippen LogP contribution is -2.19. The van der Waals surface area contributed by atoms with Crippen molar-refractivity contribution in [2.75, 3.05) is 5.32 Å². The maximum atomic E-state index is 11.2. The third-order valence-electron chi connectivity index (χ3n) is 3.42. The van der Waals surface area contributed by atoms with Gasteiger partial charge < -0.3 is 5.32 Å². The van der Waals surface area contributed by atoms with Crippen molar-refractivity contribution < 1.29 is 4.92 Å². The van der Waals surface area contributed by atoms with Gasteiger partial charge in [-0.25, -0.2) is 4.68 Å². The summed E-state index contributed by atoms with van der Waals surface area (Å²) in [5.74, 6) is 0.569. The van der Waals surface area contributed by atoms with E-state index in [0.29, 0.717) is 17.6 Å². The molecule has 0 atom stereocenters. The van der Waals surface area contributed by atoms with Gasteiger partial charge in [-0.15, -0.1) is 0 Å². The number of nitro groups is 1. The minimum absolute atomic E-state index is 0.112. The molecule has 1 aromatic rings. The summed E-state index contributed by atoms with van der Waals surface area (Å²) in [5, 5.41) is 18.8. The quantitative estimate of drug-likeness (QED) is 0.660. The van der Waals surface area contributed by atoms with E-state index in [1.807, 2.05) is 13.8 Å². The largest absolute Gasteiger partial charge is 0.362 e. The molecule has 0 bridgehead atoms. The lowest BCUT2D eigenvalue weighted by Gasteiger charge is -2.16. The number of hydrogen-bond donors (Lipinski definition) is 1. The van der Waals surface area contributed by atoms with E-state index in [-0.39, 0.29) is 16.7 Å². The fourth-order valence-corrected chi connectivity index (χ4v) is 2.53. The summed E-state index contributed by atoms with van der Waals surface area (Å²) >= 11 is 0. The highest BCUT2D eigenvalue weighted by Gasteiger charge is 2.28. The predicted molar refractivity (Wildman–Crippen MR) is 69.9 cm³/mol. The summed E-state index contributed by atoms with van der Waals surface area (Å²) in [6, 6.07) is 0.457. The van der Waals surface area contributed by atoms with Gasteiger partial charge in [-0.2, -0.15) is 5.10 Å². The summed E-state index contributed by atoms with van der Waals surface area (Å²) in [6.07, 6.45) is 4.56. The Hall–Kier alpha value is -1.59. The van der Waals surface area contributed by atoms with Crippen LogP contribution in [0.4, 0.5) is 11.5 Å². The smallest absolute Gasteiger partial charge is 0.333 e. The van der Waals surface area contributed by atoms with Crippen LogP contribution in [0, 0.1) is 17.0 Å². The highest BCUT2D eigenvalue weighted by Crippen LogP contribution is 2.33. The van der Waals surface area contributed by atoms with Gasteiger partial charge in [0, 0.05) is 12.1 Å². The van der Waals surface area contributed by atoms with Crippen LogP contribution in [-0.2, 0) is 0 Å². The highest BCUT2D eigenvalue weighted by atomic mass is 16.6. The Kier molecular flexibility index (Phi) is 3.54. The van der Waals surface area contributed by atoms with Gasteiger partial charge in [0.1, 0.15) is 5.69 Å². The van der Waals surface area contributed by atoms with E-state index in [1.54, 1.807) is 11.6 Å². The van der Waals surface area contributed by atoms with Gasteiger partial charge in [0.15, 0.2) is 0 Å². The summed E-state index contributed by atoms with van der Waals surface area (Å²) in [6.45, 7) is 5.66. The lowest BCUT2D eigenvalue weighted by atomic mass is 10.2. The molecule has 1 saturated carbocycles. The van der Waals surface area contributed by atoms with Crippen molar-refractivity contribution in [2.45, 2.75) is 58.5 Å². The summed E-state index contributed by atoms with van der Waals surface area (Å²) < 4.78 is 1.73. The van der Waals surface area contributed by atoms with Gasteiger partial charge in [0.25, 0.3) is 0 Å². The first-order chi connectivity index (χ1) is 8.50. The second-order valence-electron chi connectivity index (χ2n) is 5.20. The lowest BCUT2D eigenvalue weighted by molar-refractivity contribution is -0.384. The molecule has 0 unspecified atom stereocenters. The van der Waals surface area contributed by atoms with E-state index >= 15 is 0 Å². The number of nitrogens with zero attached hydrogens (tertiary/aromatic N) is 3. The SMILES string of the molecule is Cc1nn(C(C)C)c(NC2CCCC2)c1[N+](=O)[O-]. The van der Waals surface area contributed by atoms with Gasteiger partial charge in [0.05, 0.1) is 4.92 Å². The zero-order chi connectivity index (χ0) is 13.3. The van der Waals surface area contributed by atoms with Gasteiger partial charge in [-0.3, -0.25) is 10.1 Å². The summed E-state index contributed by atoms with van der Waals surface area (Å²) in [4.78, 5) is 10.8. The third kappa shape index (κ3) is 2.32. The van der Waals surface area contributed by atoms with Crippen LogP contribution in [0.2, 0.25) is 0 Å². The minimum atomic E-state index is -0.335. The first-order valence-electron chi connectivity index (χ1n) is 6.50. The molecule has 0 radical (unpaired) electrons. The van der Waals surface area contributed by atoms with Crippen LogP contribution in [0.1, 0.15) is 51.3 Å². The maximum Gasteiger partial charge on any atom is 0.333 e. The number of anilines is 1. The number of rotatable bonds is 4. The van der Waals surface area contributed by atoms with E-state index < -0.39 is 0 Å². The van der Waals surface area contributed by atoms with E-state index in [0.717, 1.165) is 12.8 Å². The standard InChI is InChI=1S/C12H20N4O2/c1-8(2)15-12(13-10-6-4-5-7-10)11(16(17)18)9(3)14-15/h8,10,13H,4-7H2,1-3H3. The second kappa shape index (κ2) is 4.96. The van der Waals surface area contributed by atoms with Crippen LogP contribution in [0.25, 0.3) is 0 Å². The minimum Gasteiger partial charge on any atom is -0.362 e. The molecule has 1 fully saturated rings. The molecule has 18 heavy (non-hydrogen) atoms. The first-order valence-corrected chi connectivity index (χ1v) is 6.50. The van der Waals surface area contributed by atoms with Crippen LogP contribution in [0.5, 0.6) is 0 Å². The van der Waals surface area contributed by atoms with Crippen molar-refractivity contribution in [3.8, 4) is 0 Å². The number of hydrogen-bond acceptors (Lipinski definition) is 4. The van der Waals surface area contributed by atoms with E-state index in [1.165, 1.54) is 12.8 Å². The Bertz CT molecular complexity index is 447. The molecule has 0 amide bonds. The van der Waals surface area contributed by atoms with Gasteiger partial charge >= 0.3 is 5.69 Å². The van der Waals surface area contributed by atoms with Crippen molar-refractivity contribution in [2.24, 2.45) is 0 Å². The first kappa shape index (κ1) is 12.9. The Labute approximate surface area is 107 Å². The zero-order valence-electron chi connectivity index (χ0n) is 11.1. The molecule has 0 spiro atoms. The molecule has 0 aromatic carbocycles. The molecule has 1 aromatic heterocycles. The second-order valence-corrected chi connectivity index (χ2v) is 5.20. The molecule has 6 heteroatoms. The van der Waals surface area contributed by atoms with Crippen LogP contribution < -0.4 is 5.32 Å². The zero-order valence-corrected chi connectivity index (χ0v) is 11.1. The number of nitrogens with one attached hydrogen (secondary N) is 1. The Morgan fingerprint density at radius 1 is 1.44 bits per heavy atom. The fourth-order valence-electron chi connectivity index (χ4n) is 2.53. The van der Waals surface area contributed by atoms with Gasteiger partial charge in [-0.1, -0.05) is 12.8 Å².